The number of carboxylic acids is 1. The van der Waals surface area contributed by atoms with E-state index in [-0.39, 0.29) is 18.2 Å². The molecule has 0 fully saturated rings. The zero-order chi connectivity index (χ0) is 14.4. The van der Waals surface area contributed by atoms with E-state index in [0.29, 0.717) is 0 Å². The summed E-state index contributed by atoms with van der Waals surface area (Å²) in [6, 6.07) is 6.23. The second-order valence-electron chi connectivity index (χ2n) is 4.65. The molecule has 0 radical (unpaired) electrons. The quantitative estimate of drug-likeness (QED) is 0.816. The minimum atomic E-state index is -1.02. The van der Waals surface area contributed by atoms with Crippen LogP contribution in [-0.2, 0) is 16.0 Å². The first-order valence-electron chi connectivity index (χ1n) is 6.09. The summed E-state index contributed by atoms with van der Waals surface area (Å²) in [7, 11) is 1.57. The standard InChI is InChI=1S/C14H19NO4/c1-9(2)13(14(17)18)15-12(16)8-10-4-6-11(19-3)7-5-10/h4-7,9,13H,8H2,1-3H3,(H,15,16)(H,17,18)/t13-/m0/s1. The van der Waals surface area contributed by atoms with Gasteiger partial charge in [-0.2, -0.15) is 0 Å². The molecular formula is C14H19NO4. The number of carboxylic acid groups (broad SMARTS) is 1. The summed E-state index contributed by atoms with van der Waals surface area (Å²) in [6.45, 7) is 3.51. The van der Waals surface area contributed by atoms with E-state index >= 15 is 0 Å². The third-order valence-corrected chi connectivity index (χ3v) is 2.77. The van der Waals surface area contributed by atoms with Crippen molar-refractivity contribution in [2.45, 2.75) is 26.3 Å². The zero-order valence-electron chi connectivity index (χ0n) is 11.3. The molecule has 0 aliphatic heterocycles. The van der Waals surface area contributed by atoms with Gasteiger partial charge in [0.1, 0.15) is 11.8 Å². The molecule has 1 aromatic rings. The first-order chi connectivity index (χ1) is 8.93. The highest BCUT2D eigenvalue weighted by molar-refractivity contribution is 5.85. The zero-order valence-corrected chi connectivity index (χ0v) is 11.3. The van der Waals surface area contributed by atoms with Gasteiger partial charge in [-0.1, -0.05) is 26.0 Å². The topological polar surface area (TPSA) is 75.6 Å². The summed E-state index contributed by atoms with van der Waals surface area (Å²) in [6.07, 6.45) is 0.153. The van der Waals surface area contributed by atoms with E-state index in [0.717, 1.165) is 11.3 Å². The van der Waals surface area contributed by atoms with Crippen molar-refractivity contribution < 1.29 is 19.4 Å². The number of carbonyl (C=O) groups is 2. The van der Waals surface area contributed by atoms with Crippen molar-refractivity contribution >= 4 is 11.9 Å². The molecular weight excluding hydrogens is 246 g/mol. The summed E-state index contributed by atoms with van der Waals surface area (Å²) in [5, 5.41) is 11.5. The van der Waals surface area contributed by atoms with Crippen LogP contribution in [0.15, 0.2) is 24.3 Å². The number of hydrogen-bond acceptors (Lipinski definition) is 3. The second kappa shape index (κ2) is 6.78. The van der Waals surface area contributed by atoms with Crippen LogP contribution in [0.4, 0.5) is 0 Å². The van der Waals surface area contributed by atoms with Crippen molar-refractivity contribution in [3.05, 3.63) is 29.8 Å². The summed E-state index contributed by atoms with van der Waals surface area (Å²) < 4.78 is 5.02. The maximum atomic E-state index is 11.8. The van der Waals surface area contributed by atoms with Gasteiger partial charge in [0.25, 0.3) is 0 Å². The Morgan fingerprint density at radius 3 is 2.26 bits per heavy atom. The van der Waals surface area contributed by atoms with Crippen molar-refractivity contribution in [1.29, 1.82) is 0 Å². The highest BCUT2D eigenvalue weighted by atomic mass is 16.5. The molecule has 19 heavy (non-hydrogen) atoms. The predicted octanol–water partition coefficient (Wildman–Crippen LogP) is 1.46. The minimum Gasteiger partial charge on any atom is -0.497 e. The molecule has 5 heteroatoms. The summed E-state index contributed by atoms with van der Waals surface area (Å²) in [5.74, 6) is -0.753. The predicted molar refractivity (Wildman–Crippen MR) is 71.1 cm³/mol. The maximum absolute atomic E-state index is 11.8. The third-order valence-electron chi connectivity index (χ3n) is 2.77. The number of aliphatic carboxylic acids is 1. The Morgan fingerprint density at radius 1 is 1.26 bits per heavy atom. The minimum absolute atomic E-state index is 0.153. The van der Waals surface area contributed by atoms with Gasteiger partial charge in [-0.15, -0.1) is 0 Å². The Morgan fingerprint density at radius 2 is 1.84 bits per heavy atom. The van der Waals surface area contributed by atoms with Gasteiger partial charge >= 0.3 is 5.97 Å². The summed E-state index contributed by atoms with van der Waals surface area (Å²) >= 11 is 0. The number of methoxy groups -OCH3 is 1. The Hall–Kier alpha value is -2.04. The molecule has 0 saturated carbocycles. The molecule has 0 unspecified atom stereocenters. The van der Waals surface area contributed by atoms with Crippen molar-refractivity contribution in [3.8, 4) is 5.75 Å². The molecule has 104 valence electrons. The van der Waals surface area contributed by atoms with Gasteiger partial charge in [-0.05, 0) is 23.6 Å². The average Bonchev–Trinajstić information content (AvgIpc) is 2.36. The van der Waals surface area contributed by atoms with Crippen molar-refractivity contribution in [1.82, 2.24) is 5.32 Å². The number of hydrogen-bond donors (Lipinski definition) is 2. The lowest BCUT2D eigenvalue weighted by molar-refractivity contribution is -0.143. The largest absolute Gasteiger partial charge is 0.497 e. The molecule has 0 saturated heterocycles. The van der Waals surface area contributed by atoms with Gasteiger partial charge in [-0.3, -0.25) is 4.79 Å². The maximum Gasteiger partial charge on any atom is 0.326 e. The smallest absolute Gasteiger partial charge is 0.326 e. The molecule has 0 bridgehead atoms. The first-order valence-corrected chi connectivity index (χ1v) is 6.09. The van der Waals surface area contributed by atoms with Gasteiger partial charge in [0, 0.05) is 0 Å². The molecule has 0 aliphatic rings. The summed E-state index contributed by atoms with van der Waals surface area (Å²) in [4.78, 5) is 22.8. The fourth-order valence-corrected chi connectivity index (χ4v) is 1.67. The SMILES string of the molecule is COc1ccc(CC(=O)N[C@H](C(=O)O)C(C)C)cc1. The molecule has 0 heterocycles. The molecule has 5 nitrogen and oxygen atoms in total. The number of carbonyl (C=O) groups excluding carboxylic acids is 1. The van der Waals surface area contributed by atoms with Crippen LogP contribution < -0.4 is 10.1 Å². The monoisotopic (exact) mass is 265 g/mol. The second-order valence-corrected chi connectivity index (χ2v) is 4.65. The van der Waals surface area contributed by atoms with E-state index < -0.39 is 12.0 Å². The van der Waals surface area contributed by atoms with Crippen LogP contribution in [0.2, 0.25) is 0 Å². The number of ether oxygens (including phenoxy) is 1. The highest BCUT2D eigenvalue weighted by Crippen LogP contribution is 2.12. The number of nitrogens with one attached hydrogen (secondary N) is 1. The molecule has 0 aromatic heterocycles. The van der Waals surface area contributed by atoms with Crippen LogP contribution in [0.1, 0.15) is 19.4 Å². The first kappa shape index (κ1) is 15.0. The highest BCUT2D eigenvalue weighted by Gasteiger charge is 2.23. The Labute approximate surface area is 112 Å². The van der Waals surface area contributed by atoms with Crippen LogP contribution in [-0.4, -0.2) is 30.1 Å². The fraction of sp³-hybridized carbons (Fsp3) is 0.429. The van der Waals surface area contributed by atoms with Crippen LogP contribution >= 0.6 is 0 Å². The van der Waals surface area contributed by atoms with E-state index in [1.54, 1.807) is 45.2 Å². The van der Waals surface area contributed by atoms with Gasteiger partial charge in [0.15, 0.2) is 0 Å². The van der Waals surface area contributed by atoms with E-state index in [9.17, 15) is 9.59 Å². The van der Waals surface area contributed by atoms with E-state index in [1.807, 2.05) is 0 Å². The van der Waals surface area contributed by atoms with Crippen molar-refractivity contribution in [2.24, 2.45) is 5.92 Å². The number of rotatable bonds is 6. The van der Waals surface area contributed by atoms with Gasteiger partial charge < -0.3 is 15.2 Å². The van der Waals surface area contributed by atoms with E-state index in [2.05, 4.69) is 5.32 Å². The molecule has 1 aromatic carbocycles. The van der Waals surface area contributed by atoms with Gasteiger partial charge in [-0.25, -0.2) is 4.79 Å². The van der Waals surface area contributed by atoms with Gasteiger partial charge in [0.05, 0.1) is 13.5 Å². The normalized spacial score (nSPS) is 12.0. The lowest BCUT2D eigenvalue weighted by Crippen LogP contribution is -2.44. The van der Waals surface area contributed by atoms with Gasteiger partial charge in [0.2, 0.25) is 5.91 Å². The van der Waals surface area contributed by atoms with Crippen LogP contribution in [0, 0.1) is 5.92 Å². The van der Waals surface area contributed by atoms with Crippen LogP contribution in [0.5, 0.6) is 5.75 Å². The third kappa shape index (κ3) is 4.62. The number of benzene rings is 1. The average molecular weight is 265 g/mol. The lowest BCUT2D eigenvalue weighted by atomic mass is 10.0. The van der Waals surface area contributed by atoms with Crippen LogP contribution in [0.3, 0.4) is 0 Å². The molecule has 1 amide bonds. The van der Waals surface area contributed by atoms with E-state index in [4.69, 9.17) is 9.84 Å². The van der Waals surface area contributed by atoms with E-state index in [1.165, 1.54) is 0 Å². The van der Waals surface area contributed by atoms with Crippen molar-refractivity contribution in [2.75, 3.05) is 7.11 Å². The molecule has 1 rings (SSSR count). The fourth-order valence-electron chi connectivity index (χ4n) is 1.67. The molecule has 0 spiro atoms. The number of amides is 1. The Balaban J connectivity index is 2.61. The molecule has 0 aliphatic carbocycles. The molecule has 1 atom stereocenters. The Kier molecular flexibility index (Phi) is 5.36. The Bertz CT molecular complexity index is 439. The van der Waals surface area contributed by atoms with Crippen LogP contribution in [0.25, 0.3) is 0 Å². The summed E-state index contributed by atoms with van der Waals surface area (Å²) in [5.41, 5.74) is 0.811. The molecule has 2 N–H and O–H groups in total. The van der Waals surface area contributed by atoms with Crippen molar-refractivity contribution in [3.63, 3.8) is 0 Å². The lowest BCUT2D eigenvalue weighted by Gasteiger charge is -2.17.